The van der Waals surface area contributed by atoms with E-state index in [-0.39, 0.29) is 15.6 Å². The second kappa shape index (κ2) is 4.60. The highest BCUT2D eigenvalue weighted by Crippen LogP contribution is 2.36. The fourth-order valence-electron chi connectivity index (χ4n) is 1.19. The number of alkyl halides is 3. The van der Waals surface area contributed by atoms with Crippen molar-refractivity contribution in [2.24, 2.45) is 5.73 Å². The molecule has 1 atom stereocenters. The Hall–Kier alpha value is -0.450. The van der Waals surface area contributed by atoms with Crippen molar-refractivity contribution < 1.29 is 13.2 Å². The van der Waals surface area contributed by atoms with Crippen molar-refractivity contribution >= 4 is 23.2 Å². The van der Waals surface area contributed by atoms with E-state index in [0.717, 1.165) is 0 Å². The van der Waals surface area contributed by atoms with Crippen LogP contribution in [0, 0.1) is 0 Å². The van der Waals surface area contributed by atoms with Gasteiger partial charge in [0.2, 0.25) is 0 Å². The lowest BCUT2D eigenvalue weighted by atomic mass is 9.99. The van der Waals surface area contributed by atoms with Gasteiger partial charge in [-0.3, -0.25) is 0 Å². The predicted octanol–water partition coefficient (Wildman–Crippen LogP) is 3.60. The van der Waals surface area contributed by atoms with Crippen molar-refractivity contribution in [2.45, 2.75) is 12.1 Å². The van der Waals surface area contributed by atoms with E-state index in [1.54, 1.807) is 0 Å². The SMILES string of the molecule is NCC(c1ccc(Cl)c(Cl)c1)C(F)(F)F. The highest BCUT2D eigenvalue weighted by molar-refractivity contribution is 6.42. The zero-order valence-electron chi connectivity index (χ0n) is 7.48. The lowest BCUT2D eigenvalue weighted by Crippen LogP contribution is -2.27. The third kappa shape index (κ3) is 3.00. The number of hydrogen-bond donors (Lipinski definition) is 1. The van der Waals surface area contributed by atoms with E-state index in [4.69, 9.17) is 28.9 Å². The Morgan fingerprint density at radius 1 is 1.20 bits per heavy atom. The summed E-state index contributed by atoms with van der Waals surface area (Å²) in [6, 6.07) is 3.79. The van der Waals surface area contributed by atoms with Gasteiger partial charge in [-0.25, -0.2) is 0 Å². The Bertz CT molecular complexity index is 352. The molecule has 0 radical (unpaired) electrons. The summed E-state index contributed by atoms with van der Waals surface area (Å²) in [6.45, 7) is -0.512. The first kappa shape index (κ1) is 12.6. The third-order valence-corrected chi connectivity index (χ3v) is 2.72. The van der Waals surface area contributed by atoms with E-state index in [2.05, 4.69) is 0 Å². The van der Waals surface area contributed by atoms with Crippen LogP contribution < -0.4 is 5.73 Å². The van der Waals surface area contributed by atoms with E-state index in [1.165, 1.54) is 18.2 Å². The van der Waals surface area contributed by atoms with Crippen LogP contribution in [0.5, 0.6) is 0 Å². The van der Waals surface area contributed by atoms with Crippen molar-refractivity contribution in [3.8, 4) is 0 Å². The van der Waals surface area contributed by atoms with Gasteiger partial charge in [0.05, 0.1) is 16.0 Å². The summed E-state index contributed by atoms with van der Waals surface area (Å²) in [5.41, 5.74) is 5.11. The Morgan fingerprint density at radius 3 is 2.20 bits per heavy atom. The molecule has 1 unspecified atom stereocenters. The normalized spacial score (nSPS) is 14.0. The molecule has 0 aliphatic rings. The molecule has 1 aromatic carbocycles. The van der Waals surface area contributed by atoms with Crippen molar-refractivity contribution in [2.75, 3.05) is 6.54 Å². The van der Waals surface area contributed by atoms with Crippen LogP contribution in [0.1, 0.15) is 11.5 Å². The number of rotatable bonds is 2. The number of halogens is 5. The third-order valence-electron chi connectivity index (χ3n) is 1.98. The van der Waals surface area contributed by atoms with E-state index >= 15 is 0 Å². The predicted molar refractivity (Wildman–Crippen MR) is 54.3 cm³/mol. The smallest absolute Gasteiger partial charge is 0.330 e. The molecule has 15 heavy (non-hydrogen) atoms. The summed E-state index contributed by atoms with van der Waals surface area (Å²) in [5.74, 6) is -1.70. The van der Waals surface area contributed by atoms with E-state index in [0.29, 0.717) is 0 Å². The standard InChI is InChI=1S/C9H8Cl2F3N/c10-7-2-1-5(3-8(7)11)6(4-15)9(12,13)14/h1-3,6H,4,15H2. The zero-order valence-corrected chi connectivity index (χ0v) is 9.00. The molecule has 0 fully saturated rings. The van der Waals surface area contributed by atoms with Gasteiger partial charge in [-0.15, -0.1) is 0 Å². The molecular weight excluding hydrogens is 250 g/mol. The van der Waals surface area contributed by atoms with Crippen LogP contribution in [-0.2, 0) is 0 Å². The average Bonchev–Trinajstić information content (AvgIpc) is 2.10. The fraction of sp³-hybridized carbons (Fsp3) is 0.333. The van der Waals surface area contributed by atoms with Crippen LogP contribution >= 0.6 is 23.2 Å². The number of hydrogen-bond acceptors (Lipinski definition) is 1. The lowest BCUT2D eigenvalue weighted by molar-refractivity contribution is -0.148. The Balaban J connectivity index is 3.08. The Morgan fingerprint density at radius 2 is 1.80 bits per heavy atom. The maximum absolute atomic E-state index is 12.5. The van der Waals surface area contributed by atoms with Gasteiger partial charge in [-0.2, -0.15) is 13.2 Å². The molecule has 6 heteroatoms. The summed E-state index contributed by atoms with van der Waals surface area (Å²) in [4.78, 5) is 0. The van der Waals surface area contributed by atoms with Crippen LogP contribution in [0.4, 0.5) is 13.2 Å². The fourth-order valence-corrected chi connectivity index (χ4v) is 1.49. The molecule has 0 saturated carbocycles. The molecule has 1 rings (SSSR count). The van der Waals surface area contributed by atoms with Crippen LogP contribution in [0.2, 0.25) is 10.0 Å². The highest BCUT2D eigenvalue weighted by Gasteiger charge is 2.39. The highest BCUT2D eigenvalue weighted by atomic mass is 35.5. The van der Waals surface area contributed by atoms with Crippen LogP contribution in [0.3, 0.4) is 0 Å². The number of benzene rings is 1. The van der Waals surface area contributed by atoms with Gasteiger partial charge in [-0.1, -0.05) is 29.3 Å². The molecule has 1 aromatic rings. The molecule has 0 aromatic heterocycles. The molecule has 0 heterocycles. The molecule has 0 bridgehead atoms. The average molecular weight is 258 g/mol. The van der Waals surface area contributed by atoms with E-state index in [9.17, 15) is 13.2 Å². The molecule has 0 amide bonds. The quantitative estimate of drug-likeness (QED) is 0.861. The van der Waals surface area contributed by atoms with Gasteiger partial charge in [0.1, 0.15) is 0 Å². The summed E-state index contributed by atoms with van der Waals surface area (Å²) in [6.07, 6.45) is -4.37. The maximum Gasteiger partial charge on any atom is 0.396 e. The van der Waals surface area contributed by atoms with Crippen LogP contribution in [-0.4, -0.2) is 12.7 Å². The molecule has 2 N–H and O–H groups in total. The molecule has 1 nitrogen and oxygen atoms in total. The summed E-state index contributed by atoms with van der Waals surface area (Å²) in [5, 5.41) is 0.315. The molecule has 0 spiro atoms. The van der Waals surface area contributed by atoms with Crippen molar-refractivity contribution in [3.63, 3.8) is 0 Å². The van der Waals surface area contributed by atoms with Gasteiger partial charge in [0, 0.05) is 6.54 Å². The monoisotopic (exact) mass is 257 g/mol. The second-order valence-corrected chi connectivity index (χ2v) is 3.82. The van der Waals surface area contributed by atoms with Crippen LogP contribution in [0.25, 0.3) is 0 Å². The van der Waals surface area contributed by atoms with Gasteiger partial charge >= 0.3 is 6.18 Å². The largest absolute Gasteiger partial charge is 0.396 e. The number of nitrogens with two attached hydrogens (primary N) is 1. The first-order valence-corrected chi connectivity index (χ1v) is 4.83. The summed E-state index contributed by atoms with van der Waals surface area (Å²) in [7, 11) is 0. The molecule has 0 aliphatic carbocycles. The molecule has 0 saturated heterocycles. The van der Waals surface area contributed by atoms with Gasteiger partial charge < -0.3 is 5.73 Å². The zero-order chi connectivity index (χ0) is 11.6. The van der Waals surface area contributed by atoms with Crippen molar-refractivity contribution in [1.82, 2.24) is 0 Å². The Labute approximate surface area is 95.0 Å². The molecule has 84 valence electrons. The van der Waals surface area contributed by atoms with Crippen molar-refractivity contribution in [3.05, 3.63) is 33.8 Å². The minimum absolute atomic E-state index is 0.0272. The van der Waals surface area contributed by atoms with E-state index < -0.39 is 18.6 Å². The van der Waals surface area contributed by atoms with Crippen molar-refractivity contribution in [1.29, 1.82) is 0 Å². The summed E-state index contributed by atoms with van der Waals surface area (Å²) >= 11 is 11.2. The Kier molecular flexibility index (Phi) is 3.87. The van der Waals surface area contributed by atoms with Gasteiger partial charge in [0.15, 0.2) is 0 Å². The summed E-state index contributed by atoms with van der Waals surface area (Å²) < 4.78 is 37.4. The second-order valence-electron chi connectivity index (χ2n) is 3.00. The van der Waals surface area contributed by atoms with Gasteiger partial charge in [0.25, 0.3) is 0 Å². The van der Waals surface area contributed by atoms with E-state index in [1.807, 2.05) is 0 Å². The first-order valence-electron chi connectivity index (χ1n) is 4.08. The van der Waals surface area contributed by atoms with Crippen LogP contribution in [0.15, 0.2) is 18.2 Å². The maximum atomic E-state index is 12.5. The first-order chi connectivity index (χ1) is 6.86. The van der Waals surface area contributed by atoms with Gasteiger partial charge in [-0.05, 0) is 17.7 Å². The minimum Gasteiger partial charge on any atom is -0.330 e. The lowest BCUT2D eigenvalue weighted by Gasteiger charge is -2.19. The molecule has 0 aliphatic heterocycles. The minimum atomic E-state index is -4.37. The molecular formula is C9H8Cl2F3N. The topological polar surface area (TPSA) is 26.0 Å².